The van der Waals surface area contributed by atoms with Crippen LogP contribution in [0.25, 0.3) is 0 Å². The summed E-state index contributed by atoms with van der Waals surface area (Å²) in [5.74, 6) is 0. The molecule has 0 bridgehead atoms. The Bertz CT molecular complexity index is 672. The molecule has 204 valence electrons. The fourth-order valence-electron chi connectivity index (χ4n) is 2.53. The third-order valence-electron chi connectivity index (χ3n) is 4.37. The molecule has 0 aromatic heterocycles. The molecule has 0 unspecified atom stereocenters. The lowest BCUT2D eigenvalue weighted by molar-refractivity contribution is -0.0212. The van der Waals surface area contributed by atoms with Crippen molar-refractivity contribution < 1.29 is 45.8 Å². The van der Waals surface area contributed by atoms with E-state index in [-0.39, 0.29) is 18.1 Å². The van der Waals surface area contributed by atoms with Gasteiger partial charge in [0.1, 0.15) is 0 Å². The average molecular weight is 523 g/mol. The average Bonchev–Trinajstić information content (AvgIpc) is 2.87. The van der Waals surface area contributed by atoms with Gasteiger partial charge < -0.3 is 33.2 Å². The molecule has 0 aliphatic heterocycles. The van der Waals surface area contributed by atoms with Crippen LogP contribution in [0, 0.1) is 0 Å². The van der Waals surface area contributed by atoms with Crippen molar-refractivity contribution in [2.75, 3.05) is 99.1 Å². The van der Waals surface area contributed by atoms with Gasteiger partial charge in [0.05, 0.1) is 97.4 Å². The molecule has 0 radical (unpaired) electrons. The molecule has 0 heterocycles. The fraction of sp³-hybridized carbons (Fsp3) is 0.750. The van der Waals surface area contributed by atoms with Crippen LogP contribution < -0.4 is 0 Å². The first-order valence-corrected chi connectivity index (χ1v) is 13.6. The molecule has 1 aromatic rings. The van der Waals surface area contributed by atoms with Crippen LogP contribution in [0.2, 0.25) is 0 Å². The highest BCUT2D eigenvalue weighted by molar-refractivity contribution is 7.86. The molecular weight excluding hydrogens is 480 g/mol. The molecule has 10 nitrogen and oxygen atoms in total. The minimum atomic E-state index is -3.74. The Kier molecular flexibility index (Phi) is 21.2. The predicted octanol–water partition coefficient (Wildman–Crippen LogP) is 2.31. The van der Waals surface area contributed by atoms with E-state index >= 15 is 0 Å². The van der Waals surface area contributed by atoms with Gasteiger partial charge in [-0.15, -0.1) is 0 Å². The minimum Gasteiger partial charge on any atom is -0.379 e. The van der Waals surface area contributed by atoms with Gasteiger partial charge in [-0.3, -0.25) is 4.18 Å². The van der Waals surface area contributed by atoms with Gasteiger partial charge in [0, 0.05) is 6.61 Å². The van der Waals surface area contributed by atoms with E-state index in [4.69, 9.17) is 37.3 Å². The third kappa shape index (κ3) is 19.7. The van der Waals surface area contributed by atoms with E-state index in [9.17, 15) is 8.42 Å². The summed E-state index contributed by atoms with van der Waals surface area (Å²) in [5.41, 5.74) is 0. The van der Waals surface area contributed by atoms with Gasteiger partial charge in [-0.2, -0.15) is 8.42 Å². The lowest BCUT2D eigenvalue weighted by Crippen LogP contribution is -2.15. The number of ether oxygens (including phenoxy) is 7. The zero-order valence-electron chi connectivity index (χ0n) is 20.9. The van der Waals surface area contributed by atoms with Crippen LogP contribution in [-0.2, 0) is 47.5 Å². The first-order valence-electron chi connectivity index (χ1n) is 12.2. The highest BCUT2D eigenvalue weighted by Gasteiger charge is 2.13. The summed E-state index contributed by atoms with van der Waals surface area (Å²) >= 11 is 0. The topological polar surface area (TPSA) is 108 Å². The Hall–Kier alpha value is -1.15. The molecule has 0 spiro atoms. The summed E-state index contributed by atoms with van der Waals surface area (Å²) in [7, 11) is -3.74. The second kappa shape index (κ2) is 23.3. The highest BCUT2D eigenvalue weighted by Crippen LogP contribution is 2.10. The number of hydrogen-bond donors (Lipinski definition) is 0. The molecule has 0 saturated heterocycles. The maximum Gasteiger partial charge on any atom is 0.297 e. The molecule has 0 saturated carbocycles. The minimum absolute atomic E-state index is 0.0478. The molecule has 0 N–H and O–H groups in total. The van der Waals surface area contributed by atoms with Gasteiger partial charge in [0.2, 0.25) is 0 Å². The van der Waals surface area contributed by atoms with Gasteiger partial charge in [0.25, 0.3) is 10.1 Å². The summed E-state index contributed by atoms with van der Waals surface area (Å²) in [6.07, 6.45) is 2.23. The van der Waals surface area contributed by atoms with Gasteiger partial charge in [-0.05, 0) is 18.6 Å². The van der Waals surface area contributed by atoms with E-state index in [2.05, 4.69) is 6.92 Å². The maximum atomic E-state index is 11.9. The Labute approximate surface area is 210 Å². The van der Waals surface area contributed by atoms with Gasteiger partial charge in [0.15, 0.2) is 0 Å². The zero-order chi connectivity index (χ0) is 25.3. The van der Waals surface area contributed by atoms with Crippen molar-refractivity contribution in [1.29, 1.82) is 0 Å². The van der Waals surface area contributed by atoms with Crippen LogP contribution in [0.3, 0.4) is 0 Å². The maximum absolute atomic E-state index is 11.9. The summed E-state index contributed by atoms with van der Waals surface area (Å²) in [6.45, 7) is 8.97. The van der Waals surface area contributed by atoms with Crippen molar-refractivity contribution in [2.45, 2.75) is 24.7 Å². The predicted molar refractivity (Wildman–Crippen MR) is 130 cm³/mol. The van der Waals surface area contributed by atoms with Crippen LogP contribution in [-0.4, -0.2) is 108 Å². The SMILES string of the molecule is CCCCOCCOCCOCCOCCOCCOCCOCCOS(=O)(=O)c1ccccc1. The molecule has 0 fully saturated rings. The Morgan fingerprint density at radius 1 is 0.514 bits per heavy atom. The van der Waals surface area contributed by atoms with Crippen molar-refractivity contribution in [3.63, 3.8) is 0 Å². The molecule has 0 amide bonds. The second-order valence-electron chi connectivity index (χ2n) is 7.23. The lowest BCUT2D eigenvalue weighted by Gasteiger charge is -2.09. The molecule has 11 heteroatoms. The summed E-state index contributed by atoms with van der Waals surface area (Å²) in [4.78, 5) is 0.127. The number of rotatable bonds is 26. The van der Waals surface area contributed by atoms with Crippen LogP contribution in [0.15, 0.2) is 35.2 Å². The normalized spacial score (nSPS) is 11.8. The van der Waals surface area contributed by atoms with Crippen LogP contribution in [0.4, 0.5) is 0 Å². The molecule has 35 heavy (non-hydrogen) atoms. The number of hydrogen-bond acceptors (Lipinski definition) is 10. The van der Waals surface area contributed by atoms with Crippen molar-refractivity contribution in [2.24, 2.45) is 0 Å². The molecule has 1 aromatic carbocycles. The lowest BCUT2D eigenvalue weighted by atomic mass is 10.4. The molecule has 0 aliphatic carbocycles. The van der Waals surface area contributed by atoms with E-state index in [1.807, 2.05) is 0 Å². The molecule has 0 aliphatic rings. The standard InChI is InChI=1S/C24H42O10S/c1-2-3-9-27-10-11-28-12-13-29-14-15-30-16-17-31-18-19-32-20-21-33-22-23-34-35(25,26)24-7-5-4-6-8-24/h4-8H,2-3,9-23H2,1H3. The van der Waals surface area contributed by atoms with Crippen molar-refractivity contribution in [3.05, 3.63) is 30.3 Å². The smallest absolute Gasteiger partial charge is 0.297 e. The summed E-state index contributed by atoms with van der Waals surface area (Å²) in [6, 6.07) is 7.99. The quantitative estimate of drug-likeness (QED) is 0.133. The molecular formula is C24H42O10S. The van der Waals surface area contributed by atoms with Crippen molar-refractivity contribution >= 4 is 10.1 Å². The van der Waals surface area contributed by atoms with E-state index in [1.54, 1.807) is 18.2 Å². The van der Waals surface area contributed by atoms with Crippen LogP contribution in [0.1, 0.15) is 19.8 Å². The Morgan fingerprint density at radius 3 is 1.23 bits per heavy atom. The number of benzene rings is 1. The second-order valence-corrected chi connectivity index (χ2v) is 8.84. The third-order valence-corrected chi connectivity index (χ3v) is 5.70. The van der Waals surface area contributed by atoms with Crippen LogP contribution in [0.5, 0.6) is 0 Å². The first-order chi connectivity index (χ1) is 17.2. The first kappa shape index (κ1) is 31.9. The fourth-order valence-corrected chi connectivity index (χ4v) is 3.44. The van der Waals surface area contributed by atoms with E-state index in [0.29, 0.717) is 79.3 Å². The van der Waals surface area contributed by atoms with Crippen molar-refractivity contribution in [3.8, 4) is 0 Å². The zero-order valence-corrected chi connectivity index (χ0v) is 21.7. The van der Waals surface area contributed by atoms with E-state index in [1.165, 1.54) is 12.1 Å². The largest absolute Gasteiger partial charge is 0.379 e. The molecule has 0 atom stereocenters. The Morgan fingerprint density at radius 2 is 0.857 bits per heavy atom. The van der Waals surface area contributed by atoms with E-state index in [0.717, 1.165) is 19.4 Å². The highest BCUT2D eigenvalue weighted by atomic mass is 32.2. The van der Waals surface area contributed by atoms with Gasteiger partial charge in [-0.25, -0.2) is 0 Å². The summed E-state index contributed by atoms with van der Waals surface area (Å²) < 4.78 is 66.5. The monoisotopic (exact) mass is 522 g/mol. The van der Waals surface area contributed by atoms with Gasteiger partial charge in [-0.1, -0.05) is 31.5 Å². The Balaban J connectivity index is 1.73. The van der Waals surface area contributed by atoms with Gasteiger partial charge >= 0.3 is 0 Å². The van der Waals surface area contributed by atoms with Crippen LogP contribution >= 0.6 is 0 Å². The van der Waals surface area contributed by atoms with Crippen molar-refractivity contribution in [1.82, 2.24) is 0 Å². The molecule has 1 rings (SSSR count). The number of unbranched alkanes of at least 4 members (excludes halogenated alkanes) is 1. The summed E-state index contributed by atoms with van der Waals surface area (Å²) in [5, 5.41) is 0. The van der Waals surface area contributed by atoms with E-state index < -0.39 is 10.1 Å².